The Balaban J connectivity index is 1.53. The molecule has 0 bridgehead atoms. The van der Waals surface area contributed by atoms with Crippen LogP contribution in [0.1, 0.15) is 86.0 Å². The van der Waals surface area contributed by atoms with E-state index in [4.69, 9.17) is 4.43 Å². The van der Waals surface area contributed by atoms with Gasteiger partial charge in [-0.25, -0.2) is 0 Å². The number of aliphatic hydroxyl groups excluding tert-OH is 1. The monoisotopic (exact) mass is 484 g/mol. The number of alkyl halides is 1. The first-order valence-corrected chi connectivity index (χ1v) is 16.1. The van der Waals surface area contributed by atoms with Crippen LogP contribution in [0.25, 0.3) is 0 Å². The van der Waals surface area contributed by atoms with E-state index in [1.165, 1.54) is 38.5 Å². The summed E-state index contributed by atoms with van der Waals surface area (Å²) in [5, 5.41) is 11.7. The van der Waals surface area contributed by atoms with Crippen molar-refractivity contribution < 1.29 is 9.53 Å². The summed E-state index contributed by atoms with van der Waals surface area (Å²) in [6, 6.07) is 0. The Hall–Kier alpha value is 0.617. The van der Waals surface area contributed by atoms with Crippen LogP contribution in [0.15, 0.2) is 0 Å². The fourth-order valence-electron chi connectivity index (χ4n) is 7.90. The third-order valence-electron chi connectivity index (χ3n) is 10.8. The second-order valence-electron chi connectivity index (χ2n) is 13.2. The lowest BCUT2D eigenvalue weighted by Crippen LogP contribution is -2.59. The van der Waals surface area contributed by atoms with Crippen LogP contribution in [0.2, 0.25) is 18.1 Å². The van der Waals surface area contributed by atoms with Crippen LogP contribution in [-0.4, -0.2) is 30.5 Å². The summed E-state index contributed by atoms with van der Waals surface area (Å²) >= 11 is 4.03. The lowest BCUT2D eigenvalue weighted by Gasteiger charge is -2.62. The van der Waals surface area contributed by atoms with Gasteiger partial charge in [-0.15, -0.1) is 0 Å². The average molecular weight is 486 g/mol. The largest absolute Gasteiger partial charge is 0.414 e. The Morgan fingerprint density at radius 2 is 1.52 bits per heavy atom. The average Bonchev–Trinajstić information content (AvgIpc) is 2.90. The minimum Gasteiger partial charge on any atom is -0.414 e. The van der Waals surface area contributed by atoms with Gasteiger partial charge in [0.05, 0.1) is 6.10 Å². The standard InChI is InChI=1S/C25H45BrO2Si/c1-23(2,3)29(6,7)28-16-10-12-24(4)19-11-13-25(5)18(8-9-22(25)26)17(19)15-21(27)20(24)14-16/h16-22,27H,8-15H2,1-7H3/t16-,17-,18-,19-,20?,21-,22-,24+,25-/m0/s1. The van der Waals surface area contributed by atoms with Crippen LogP contribution >= 0.6 is 15.9 Å². The molecule has 0 saturated heterocycles. The lowest BCUT2D eigenvalue weighted by atomic mass is 9.44. The summed E-state index contributed by atoms with van der Waals surface area (Å²) in [6.45, 7) is 16.9. The lowest BCUT2D eigenvalue weighted by molar-refractivity contribution is -0.165. The first kappa shape index (κ1) is 22.8. The smallest absolute Gasteiger partial charge is 0.192 e. The van der Waals surface area contributed by atoms with Gasteiger partial charge in [0.2, 0.25) is 0 Å². The van der Waals surface area contributed by atoms with Crippen molar-refractivity contribution in [3.8, 4) is 0 Å². The molecule has 29 heavy (non-hydrogen) atoms. The van der Waals surface area contributed by atoms with Gasteiger partial charge >= 0.3 is 0 Å². The van der Waals surface area contributed by atoms with Gasteiger partial charge in [-0.2, -0.15) is 0 Å². The van der Waals surface area contributed by atoms with Crippen molar-refractivity contribution in [3.63, 3.8) is 0 Å². The van der Waals surface area contributed by atoms with Crippen molar-refractivity contribution in [1.82, 2.24) is 0 Å². The Bertz CT molecular complexity index is 631. The first-order chi connectivity index (χ1) is 13.3. The van der Waals surface area contributed by atoms with Crippen molar-refractivity contribution >= 4 is 24.2 Å². The Morgan fingerprint density at radius 1 is 0.897 bits per heavy atom. The molecular formula is C25H45BrO2Si. The third-order valence-corrected chi connectivity index (χ3v) is 16.8. The molecule has 1 unspecified atom stereocenters. The molecule has 0 amide bonds. The van der Waals surface area contributed by atoms with E-state index in [-0.39, 0.29) is 11.1 Å². The molecule has 0 heterocycles. The van der Waals surface area contributed by atoms with Crippen molar-refractivity contribution in [2.24, 2.45) is 34.5 Å². The molecule has 0 aromatic carbocycles. The highest BCUT2D eigenvalue weighted by Crippen LogP contribution is 2.67. The van der Waals surface area contributed by atoms with E-state index in [9.17, 15) is 5.11 Å². The van der Waals surface area contributed by atoms with E-state index in [0.717, 1.165) is 30.6 Å². The predicted octanol–water partition coefficient (Wildman–Crippen LogP) is 7.15. The summed E-state index contributed by atoms with van der Waals surface area (Å²) < 4.78 is 6.84. The fourth-order valence-corrected chi connectivity index (χ4v) is 10.1. The van der Waals surface area contributed by atoms with Crippen molar-refractivity contribution in [2.45, 2.75) is 121 Å². The molecule has 168 valence electrons. The second kappa shape index (κ2) is 7.32. The van der Waals surface area contributed by atoms with Crippen LogP contribution in [0, 0.1) is 34.5 Å². The molecule has 4 aliphatic carbocycles. The SMILES string of the molecule is CC(C)(C)[Si](C)(C)O[C@H]1CC[C@@]2(C)C(C1)[C@@H](O)C[C@H]1[C@@H]3CC[C@H](Br)[C@@]3(C)CC[C@@H]12. The molecule has 4 fully saturated rings. The van der Waals surface area contributed by atoms with Crippen LogP contribution in [0.4, 0.5) is 0 Å². The number of aliphatic hydroxyl groups is 1. The zero-order valence-corrected chi connectivity index (χ0v) is 22.5. The van der Waals surface area contributed by atoms with Gasteiger partial charge < -0.3 is 9.53 Å². The van der Waals surface area contributed by atoms with Gasteiger partial charge in [-0.3, -0.25) is 0 Å². The van der Waals surface area contributed by atoms with Crippen molar-refractivity contribution in [2.75, 3.05) is 0 Å². The predicted molar refractivity (Wildman–Crippen MR) is 128 cm³/mol. The summed E-state index contributed by atoms with van der Waals surface area (Å²) in [4.78, 5) is 0.678. The summed E-state index contributed by atoms with van der Waals surface area (Å²) in [5.74, 6) is 2.77. The fraction of sp³-hybridized carbons (Fsp3) is 1.00. The molecule has 4 saturated carbocycles. The molecule has 9 atom stereocenters. The molecule has 0 radical (unpaired) electrons. The minimum atomic E-state index is -1.75. The molecule has 4 aliphatic rings. The number of rotatable bonds is 2. The normalized spacial score (nSPS) is 50.6. The summed E-state index contributed by atoms with van der Waals surface area (Å²) in [7, 11) is -1.75. The third kappa shape index (κ3) is 3.55. The molecule has 0 aliphatic heterocycles. The maximum absolute atomic E-state index is 11.4. The Labute approximate surface area is 189 Å². The number of hydrogen-bond acceptors (Lipinski definition) is 2. The van der Waals surface area contributed by atoms with E-state index in [1.807, 2.05) is 0 Å². The maximum Gasteiger partial charge on any atom is 0.192 e. The molecule has 4 heteroatoms. The molecule has 0 aromatic rings. The molecule has 0 spiro atoms. The van der Waals surface area contributed by atoms with Gasteiger partial charge in [-0.05, 0) is 104 Å². The van der Waals surface area contributed by atoms with Gasteiger partial charge in [-0.1, -0.05) is 50.5 Å². The van der Waals surface area contributed by atoms with Crippen LogP contribution in [-0.2, 0) is 4.43 Å². The summed E-state index contributed by atoms with van der Waals surface area (Å²) in [6.07, 6.45) is 10.2. The molecular weight excluding hydrogens is 440 g/mol. The van der Waals surface area contributed by atoms with Gasteiger partial charge in [0.25, 0.3) is 0 Å². The van der Waals surface area contributed by atoms with Crippen molar-refractivity contribution in [1.29, 1.82) is 0 Å². The highest BCUT2D eigenvalue weighted by Gasteiger charge is 2.62. The van der Waals surface area contributed by atoms with E-state index in [2.05, 4.69) is 63.6 Å². The van der Waals surface area contributed by atoms with Crippen LogP contribution in [0.5, 0.6) is 0 Å². The molecule has 4 rings (SSSR count). The van der Waals surface area contributed by atoms with E-state index in [0.29, 0.717) is 27.7 Å². The Kier molecular flexibility index (Phi) is 5.75. The molecule has 1 N–H and O–H groups in total. The maximum atomic E-state index is 11.4. The zero-order valence-electron chi connectivity index (χ0n) is 19.9. The zero-order chi connectivity index (χ0) is 21.4. The quantitative estimate of drug-likeness (QED) is 0.332. The highest BCUT2D eigenvalue weighted by atomic mass is 79.9. The molecule has 0 aromatic heterocycles. The topological polar surface area (TPSA) is 29.5 Å². The number of hydrogen-bond donors (Lipinski definition) is 1. The van der Waals surface area contributed by atoms with E-state index in [1.54, 1.807) is 0 Å². The van der Waals surface area contributed by atoms with Crippen LogP contribution < -0.4 is 0 Å². The van der Waals surface area contributed by atoms with Crippen molar-refractivity contribution in [3.05, 3.63) is 0 Å². The highest BCUT2D eigenvalue weighted by molar-refractivity contribution is 9.09. The van der Waals surface area contributed by atoms with E-state index >= 15 is 0 Å². The molecule has 2 nitrogen and oxygen atoms in total. The second-order valence-corrected chi connectivity index (χ2v) is 19.0. The van der Waals surface area contributed by atoms with Crippen LogP contribution in [0.3, 0.4) is 0 Å². The number of fused-ring (bicyclic) bond motifs is 5. The Morgan fingerprint density at radius 3 is 2.17 bits per heavy atom. The summed E-state index contributed by atoms with van der Waals surface area (Å²) in [5.41, 5.74) is 0.758. The van der Waals surface area contributed by atoms with Gasteiger partial charge in [0.15, 0.2) is 8.32 Å². The minimum absolute atomic E-state index is 0.135. The van der Waals surface area contributed by atoms with Gasteiger partial charge in [0, 0.05) is 10.9 Å². The number of halogens is 1. The van der Waals surface area contributed by atoms with E-state index < -0.39 is 8.32 Å². The first-order valence-electron chi connectivity index (χ1n) is 12.3. The van der Waals surface area contributed by atoms with Gasteiger partial charge in [0.1, 0.15) is 0 Å².